The number of ether oxygens (including phenoxy) is 1. The van der Waals surface area contributed by atoms with Gasteiger partial charge in [0.05, 0.1) is 41.9 Å². The maximum Gasteiger partial charge on any atom is 0.248 e. The second-order valence-electron chi connectivity index (χ2n) is 10.9. The molecule has 0 radical (unpaired) electrons. The normalized spacial score (nSPS) is 19.9. The highest BCUT2D eigenvalue weighted by molar-refractivity contribution is 5.95. The molecule has 1 atom stereocenters. The van der Waals surface area contributed by atoms with Crippen LogP contribution in [0.15, 0.2) is 42.7 Å². The number of piperidine rings is 1. The summed E-state index contributed by atoms with van der Waals surface area (Å²) in [6.07, 6.45) is 3.62. The Morgan fingerprint density at radius 2 is 1.85 bits per heavy atom. The number of nitrogens with zero attached hydrogens (tertiary/aromatic N) is 5. The van der Waals surface area contributed by atoms with Gasteiger partial charge in [-0.2, -0.15) is 0 Å². The minimum atomic E-state index is -2.68. The monoisotopic (exact) mass is 551 g/mol. The van der Waals surface area contributed by atoms with Crippen molar-refractivity contribution in [2.75, 3.05) is 12.0 Å². The number of amides is 1. The van der Waals surface area contributed by atoms with Gasteiger partial charge in [0.2, 0.25) is 11.8 Å². The number of methoxy groups -OCH3 is 1. The molecular weight excluding hydrogens is 519 g/mol. The molecule has 1 amide bonds. The van der Waals surface area contributed by atoms with Gasteiger partial charge >= 0.3 is 0 Å². The van der Waals surface area contributed by atoms with E-state index in [1.807, 2.05) is 36.7 Å². The Kier molecular flexibility index (Phi) is 6.59. The summed E-state index contributed by atoms with van der Waals surface area (Å²) >= 11 is 0. The fourth-order valence-corrected chi connectivity index (χ4v) is 6.37. The van der Waals surface area contributed by atoms with Gasteiger partial charge in [0.15, 0.2) is 11.6 Å². The van der Waals surface area contributed by atoms with Crippen LogP contribution in [0.3, 0.4) is 0 Å². The number of aryl methyl sites for hydroxylation is 2. The van der Waals surface area contributed by atoms with Gasteiger partial charge in [0, 0.05) is 49.7 Å². The van der Waals surface area contributed by atoms with Crippen molar-refractivity contribution in [1.82, 2.24) is 19.1 Å². The number of alkyl halides is 2. The number of rotatable bonds is 5. The molecule has 2 aliphatic rings. The fraction of sp³-hybridized carbons (Fsp3) is 0.433. The maximum absolute atomic E-state index is 14.8. The molecule has 2 aromatic carbocycles. The van der Waals surface area contributed by atoms with Crippen LogP contribution in [-0.4, -0.2) is 38.0 Å². The van der Waals surface area contributed by atoms with Gasteiger partial charge in [-0.25, -0.2) is 23.1 Å². The third-order valence-corrected chi connectivity index (χ3v) is 8.32. The largest absolute Gasteiger partial charge is 0.494 e. The van der Waals surface area contributed by atoms with Crippen LogP contribution < -0.4 is 9.64 Å². The van der Waals surface area contributed by atoms with Gasteiger partial charge in [-0.3, -0.25) is 4.79 Å². The van der Waals surface area contributed by atoms with Crippen LogP contribution in [0.2, 0.25) is 0 Å². The lowest BCUT2D eigenvalue weighted by Gasteiger charge is -2.37. The summed E-state index contributed by atoms with van der Waals surface area (Å²) in [5, 5.41) is 0. The highest BCUT2D eigenvalue weighted by Crippen LogP contribution is 2.44. The van der Waals surface area contributed by atoms with E-state index in [1.54, 1.807) is 17.3 Å². The molecule has 1 saturated carbocycles. The topological polar surface area (TPSA) is 65.2 Å². The third kappa shape index (κ3) is 4.53. The van der Waals surface area contributed by atoms with Crippen LogP contribution >= 0.6 is 0 Å². The molecule has 4 aromatic rings. The first-order chi connectivity index (χ1) is 19.2. The molecule has 1 aliphatic carbocycles. The summed E-state index contributed by atoms with van der Waals surface area (Å²) in [5.74, 6) is -2.62. The molecular formula is C30H32F3N5O2. The predicted octanol–water partition coefficient (Wildman–Crippen LogP) is 6.90. The number of aromatic nitrogens is 4. The lowest BCUT2D eigenvalue weighted by atomic mass is 9.91. The highest BCUT2D eigenvalue weighted by Gasteiger charge is 2.40. The van der Waals surface area contributed by atoms with E-state index in [-0.39, 0.29) is 30.5 Å². The average Bonchev–Trinajstić information content (AvgIpc) is 3.47. The molecule has 40 heavy (non-hydrogen) atoms. The molecule has 7 nitrogen and oxygen atoms in total. The third-order valence-electron chi connectivity index (χ3n) is 8.32. The number of benzene rings is 2. The van der Waals surface area contributed by atoms with E-state index < -0.39 is 17.8 Å². The van der Waals surface area contributed by atoms with Crippen LogP contribution in [0.4, 0.5) is 18.9 Å². The molecule has 0 N–H and O–H groups in total. The van der Waals surface area contributed by atoms with Crippen molar-refractivity contribution in [2.45, 2.75) is 69.9 Å². The number of hydrogen-bond acceptors (Lipinski definition) is 4. The number of halogens is 3. The molecule has 1 aliphatic heterocycles. The molecule has 1 saturated heterocycles. The Labute approximate surface area is 230 Å². The number of carbonyl (C=O) groups is 1. The van der Waals surface area contributed by atoms with Crippen molar-refractivity contribution >= 4 is 22.6 Å². The number of anilines is 1. The maximum atomic E-state index is 14.8. The molecule has 10 heteroatoms. The van der Waals surface area contributed by atoms with Gasteiger partial charge in [-0.05, 0) is 56.9 Å². The van der Waals surface area contributed by atoms with E-state index in [4.69, 9.17) is 9.72 Å². The molecule has 2 aromatic heterocycles. The highest BCUT2D eigenvalue weighted by atomic mass is 19.3. The number of hydrogen-bond donors (Lipinski definition) is 0. The Hall–Kier alpha value is -3.82. The molecule has 0 spiro atoms. The van der Waals surface area contributed by atoms with Crippen molar-refractivity contribution in [1.29, 1.82) is 0 Å². The Balaban J connectivity index is 1.50. The summed E-state index contributed by atoms with van der Waals surface area (Å²) in [4.78, 5) is 24.4. The number of fused-ring (bicyclic) bond motifs is 1. The SMILES string of the molecule is COc1ccc(N2C(=O)CCC[C@H]2c2nc3cc(-c4c(C)ncn4C)ccc3n2C2CCC(F)(F)CC2)cc1F. The second-order valence-corrected chi connectivity index (χ2v) is 10.9. The summed E-state index contributed by atoms with van der Waals surface area (Å²) in [7, 11) is 3.33. The lowest BCUT2D eigenvalue weighted by molar-refractivity contribution is -0.120. The zero-order valence-corrected chi connectivity index (χ0v) is 22.8. The van der Waals surface area contributed by atoms with Crippen LogP contribution in [0, 0.1) is 12.7 Å². The van der Waals surface area contributed by atoms with E-state index in [0.29, 0.717) is 43.6 Å². The van der Waals surface area contributed by atoms with Crippen molar-refractivity contribution in [3.63, 3.8) is 0 Å². The van der Waals surface area contributed by atoms with E-state index in [0.717, 1.165) is 28.0 Å². The van der Waals surface area contributed by atoms with Crippen molar-refractivity contribution < 1.29 is 22.7 Å². The van der Waals surface area contributed by atoms with Crippen molar-refractivity contribution in [3.05, 3.63) is 60.1 Å². The van der Waals surface area contributed by atoms with Crippen molar-refractivity contribution in [3.8, 4) is 17.0 Å². The van der Waals surface area contributed by atoms with E-state index >= 15 is 0 Å². The molecule has 0 bridgehead atoms. The Bertz CT molecular complexity index is 1560. The van der Waals surface area contributed by atoms with Crippen LogP contribution in [0.25, 0.3) is 22.3 Å². The summed E-state index contributed by atoms with van der Waals surface area (Å²) in [6.45, 7) is 1.95. The smallest absolute Gasteiger partial charge is 0.248 e. The number of imidazole rings is 2. The molecule has 3 heterocycles. The first kappa shape index (κ1) is 26.4. The lowest BCUT2D eigenvalue weighted by Crippen LogP contribution is -2.40. The average molecular weight is 552 g/mol. The van der Waals surface area contributed by atoms with Crippen LogP contribution in [0.1, 0.15) is 68.5 Å². The summed E-state index contributed by atoms with van der Waals surface area (Å²) in [5.41, 5.74) is 4.80. The van der Waals surface area contributed by atoms with E-state index in [2.05, 4.69) is 9.55 Å². The Morgan fingerprint density at radius 1 is 1.07 bits per heavy atom. The quantitative estimate of drug-likeness (QED) is 0.271. The van der Waals surface area contributed by atoms with E-state index in [1.165, 1.54) is 19.2 Å². The molecule has 0 unspecified atom stereocenters. The van der Waals surface area contributed by atoms with Gasteiger partial charge in [-0.15, -0.1) is 0 Å². The zero-order chi connectivity index (χ0) is 28.2. The molecule has 6 rings (SSSR count). The van der Waals surface area contributed by atoms with Gasteiger partial charge in [0.1, 0.15) is 5.82 Å². The predicted molar refractivity (Wildman–Crippen MR) is 146 cm³/mol. The Morgan fingerprint density at radius 3 is 2.52 bits per heavy atom. The standard InChI is InChI=1S/C30H32F3N5O2/c1-18-28(36(2)17-34-18)19-7-9-24-23(15-19)35-29(38(24)20-11-13-30(32,33)14-12-20)25-5-4-6-27(39)37(25)21-8-10-26(40-3)22(31)16-21/h7-10,15-17,20,25H,4-6,11-14H2,1-3H3/t25-/m0/s1. The van der Waals surface area contributed by atoms with Crippen molar-refractivity contribution in [2.24, 2.45) is 7.05 Å². The van der Waals surface area contributed by atoms with Crippen LogP contribution in [-0.2, 0) is 11.8 Å². The number of carbonyl (C=O) groups excluding carboxylic acids is 1. The van der Waals surface area contributed by atoms with Gasteiger partial charge < -0.3 is 18.8 Å². The zero-order valence-electron chi connectivity index (χ0n) is 22.8. The minimum Gasteiger partial charge on any atom is -0.494 e. The summed E-state index contributed by atoms with van der Waals surface area (Å²) in [6, 6.07) is 9.84. The summed E-state index contributed by atoms with van der Waals surface area (Å²) < 4.78 is 52.2. The first-order valence-electron chi connectivity index (χ1n) is 13.7. The fourth-order valence-electron chi connectivity index (χ4n) is 6.37. The van der Waals surface area contributed by atoms with Gasteiger partial charge in [0.25, 0.3) is 0 Å². The van der Waals surface area contributed by atoms with Crippen LogP contribution in [0.5, 0.6) is 5.75 Å². The molecule has 210 valence electrons. The second kappa shape index (κ2) is 9.98. The van der Waals surface area contributed by atoms with E-state index in [9.17, 15) is 18.0 Å². The minimum absolute atomic E-state index is 0.0955. The first-order valence-corrected chi connectivity index (χ1v) is 13.7. The molecule has 2 fully saturated rings. The van der Waals surface area contributed by atoms with Gasteiger partial charge in [-0.1, -0.05) is 6.07 Å².